The van der Waals surface area contributed by atoms with Crippen LogP contribution in [0, 0.1) is 0 Å². The Morgan fingerprint density at radius 3 is 2.16 bits per heavy atom. The van der Waals surface area contributed by atoms with Crippen LogP contribution in [0.3, 0.4) is 0 Å². The predicted octanol–water partition coefficient (Wildman–Crippen LogP) is 6.13. The monoisotopic (exact) mass is 509 g/mol. The summed E-state index contributed by atoms with van der Waals surface area (Å²) in [7, 11) is 0. The molecule has 0 bridgehead atoms. The standard InChI is InChI=1S/C25H24BrN3O2S/c1-25(2,3)19-14-13-16(15-20(19)26)22(30)29-24(32)28-21-12-8-7-11-18(21)23(31)27-17-9-5-4-6-10-17/h4-15H,1-3H3,(H,27,31)(H2,28,29,30,32). The van der Waals surface area contributed by atoms with Gasteiger partial charge in [-0.2, -0.15) is 0 Å². The van der Waals surface area contributed by atoms with Crippen molar-refractivity contribution in [3.8, 4) is 0 Å². The first-order valence-corrected chi connectivity index (χ1v) is 11.2. The lowest BCUT2D eigenvalue weighted by molar-refractivity contribution is 0.0976. The maximum Gasteiger partial charge on any atom is 0.257 e. The Hall–Kier alpha value is -3.03. The van der Waals surface area contributed by atoms with Crippen molar-refractivity contribution in [3.05, 3.63) is 94.0 Å². The van der Waals surface area contributed by atoms with Crippen LogP contribution in [0.4, 0.5) is 11.4 Å². The van der Waals surface area contributed by atoms with Gasteiger partial charge in [0.25, 0.3) is 11.8 Å². The van der Waals surface area contributed by atoms with Crippen molar-refractivity contribution in [2.75, 3.05) is 10.6 Å². The lowest BCUT2D eigenvalue weighted by Gasteiger charge is -2.21. The summed E-state index contributed by atoms with van der Waals surface area (Å²) < 4.78 is 0.861. The highest BCUT2D eigenvalue weighted by Gasteiger charge is 2.19. The molecule has 0 aliphatic heterocycles. The van der Waals surface area contributed by atoms with Crippen LogP contribution in [0.2, 0.25) is 0 Å². The Kier molecular flexibility index (Phi) is 7.43. The lowest BCUT2D eigenvalue weighted by Crippen LogP contribution is -2.34. The molecule has 0 aliphatic rings. The molecule has 0 fully saturated rings. The Labute approximate surface area is 201 Å². The molecular formula is C25H24BrN3O2S. The molecule has 3 aromatic rings. The molecule has 2 amide bonds. The third-order valence-electron chi connectivity index (χ3n) is 4.72. The summed E-state index contributed by atoms with van der Waals surface area (Å²) in [6, 6.07) is 21.6. The van der Waals surface area contributed by atoms with Gasteiger partial charge in [-0.3, -0.25) is 14.9 Å². The molecular weight excluding hydrogens is 486 g/mol. The zero-order valence-corrected chi connectivity index (χ0v) is 20.4. The van der Waals surface area contributed by atoms with Crippen LogP contribution in [-0.2, 0) is 5.41 Å². The number of rotatable bonds is 4. The van der Waals surface area contributed by atoms with E-state index in [0.29, 0.717) is 22.5 Å². The smallest absolute Gasteiger partial charge is 0.257 e. The molecule has 7 heteroatoms. The SMILES string of the molecule is CC(C)(C)c1ccc(C(=O)NC(=S)Nc2ccccc2C(=O)Nc2ccccc2)cc1Br. The number of para-hydroxylation sites is 2. The molecule has 164 valence electrons. The van der Waals surface area contributed by atoms with Gasteiger partial charge in [0.1, 0.15) is 0 Å². The van der Waals surface area contributed by atoms with Crippen LogP contribution in [0.15, 0.2) is 77.3 Å². The van der Waals surface area contributed by atoms with E-state index in [1.165, 1.54) is 0 Å². The second-order valence-electron chi connectivity index (χ2n) is 8.22. The zero-order chi connectivity index (χ0) is 23.3. The van der Waals surface area contributed by atoms with Gasteiger partial charge in [-0.05, 0) is 59.6 Å². The fraction of sp³-hybridized carbons (Fsp3) is 0.160. The lowest BCUT2D eigenvalue weighted by atomic mass is 9.86. The number of benzene rings is 3. The minimum atomic E-state index is -0.338. The van der Waals surface area contributed by atoms with E-state index in [-0.39, 0.29) is 22.3 Å². The third-order valence-corrected chi connectivity index (χ3v) is 5.58. The van der Waals surface area contributed by atoms with E-state index in [4.69, 9.17) is 12.2 Å². The number of hydrogen-bond acceptors (Lipinski definition) is 3. The van der Waals surface area contributed by atoms with E-state index >= 15 is 0 Å². The number of carbonyl (C=O) groups is 2. The van der Waals surface area contributed by atoms with Gasteiger partial charge < -0.3 is 10.6 Å². The predicted molar refractivity (Wildman–Crippen MR) is 137 cm³/mol. The van der Waals surface area contributed by atoms with Crippen LogP contribution in [0.5, 0.6) is 0 Å². The Balaban J connectivity index is 1.70. The molecule has 0 spiro atoms. The Morgan fingerprint density at radius 1 is 0.844 bits per heavy atom. The molecule has 0 atom stereocenters. The van der Waals surface area contributed by atoms with Crippen molar-refractivity contribution in [2.45, 2.75) is 26.2 Å². The van der Waals surface area contributed by atoms with Crippen LogP contribution in [0.25, 0.3) is 0 Å². The number of halogens is 1. The molecule has 3 aromatic carbocycles. The molecule has 0 aliphatic carbocycles. The fourth-order valence-corrected chi connectivity index (χ4v) is 4.28. The molecule has 0 unspecified atom stereocenters. The van der Waals surface area contributed by atoms with Gasteiger partial charge in [-0.15, -0.1) is 0 Å². The highest BCUT2D eigenvalue weighted by Crippen LogP contribution is 2.30. The number of anilines is 2. The number of hydrogen-bond donors (Lipinski definition) is 3. The van der Waals surface area contributed by atoms with Crippen molar-refractivity contribution < 1.29 is 9.59 Å². The van der Waals surface area contributed by atoms with Gasteiger partial charge in [-0.25, -0.2) is 0 Å². The van der Waals surface area contributed by atoms with E-state index in [9.17, 15) is 9.59 Å². The number of thiocarbonyl (C=S) groups is 1. The molecule has 0 aromatic heterocycles. The van der Waals surface area contributed by atoms with E-state index in [2.05, 4.69) is 52.7 Å². The van der Waals surface area contributed by atoms with Crippen molar-refractivity contribution in [2.24, 2.45) is 0 Å². The topological polar surface area (TPSA) is 70.2 Å². The summed E-state index contributed by atoms with van der Waals surface area (Å²) in [5, 5.41) is 8.58. The summed E-state index contributed by atoms with van der Waals surface area (Å²) in [5.74, 6) is -0.620. The van der Waals surface area contributed by atoms with Crippen molar-refractivity contribution in [1.82, 2.24) is 5.32 Å². The quantitative estimate of drug-likeness (QED) is 0.370. The molecule has 3 rings (SSSR count). The number of nitrogens with one attached hydrogen (secondary N) is 3. The minimum Gasteiger partial charge on any atom is -0.332 e. The van der Waals surface area contributed by atoms with Gasteiger partial charge in [0.2, 0.25) is 0 Å². The van der Waals surface area contributed by atoms with E-state index in [1.54, 1.807) is 36.4 Å². The highest BCUT2D eigenvalue weighted by atomic mass is 79.9. The average Bonchev–Trinajstić information content (AvgIpc) is 2.73. The molecule has 32 heavy (non-hydrogen) atoms. The van der Waals surface area contributed by atoms with Crippen molar-refractivity contribution in [1.29, 1.82) is 0 Å². The van der Waals surface area contributed by atoms with Gasteiger partial charge in [0, 0.05) is 15.7 Å². The zero-order valence-electron chi connectivity index (χ0n) is 18.0. The van der Waals surface area contributed by atoms with Gasteiger partial charge >= 0.3 is 0 Å². The summed E-state index contributed by atoms with van der Waals surface area (Å²) in [6.07, 6.45) is 0. The first-order valence-electron chi connectivity index (χ1n) is 10.0. The second kappa shape index (κ2) is 10.1. The summed E-state index contributed by atoms with van der Waals surface area (Å²) in [5.41, 5.74) is 3.12. The molecule has 0 saturated heterocycles. The number of carbonyl (C=O) groups excluding carboxylic acids is 2. The maximum absolute atomic E-state index is 12.7. The van der Waals surface area contributed by atoms with Gasteiger partial charge in [0.15, 0.2) is 5.11 Å². The largest absolute Gasteiger partial charge is 0.332 e. The summed E-state index contributed by atoms with van der Waals surface area (Å²) >= 11 is 8.87. The van der Waals surface area contributed by atoms with Gasteiger partial charge in [-0.1, -0.05) is 73.1 Å². The van der Waals surface area contributed by atoms with E-state index < -0.39 is 0 Å². The molecule has 5 nitrogen and oxygen atoms in total. The third kappa shape index (κ3) is 6.02. The first kappa shape index (κ1) is 23.6. The normalized spacial score (nSPS) is 10.9. The molecule has 3 N–H and O–H groups in total. The second-order valence-corrected chi connectivity index (χ2v) is 9.48. The fourth-order valence-electron chi connectivity index (χ4n) is 3.10. The number of amides is 2. The summed E-state index contributed by atoms with van der Waals surface area (Å²) in [4.78, 5) is 25.4. The van der Waals surface area contributed by atoms with E-state index in [0.717, 1.165) is 10.0 Å². The van der Waals surface area contributed by atoms with Crippen LogP contribution < -0.4 is 16.0 Å². The van der Waals surface area contributed by atoms with Crippen LogP contribution >= 0.6 is 28.1 Å². The average molecular weight is 510 g/mol. The Bertz CT molecular complexity index is 1160. The van der Waals surface area contributed by atoms with Gasteiger partial charge in [0.05, 0.1) is 11.3 Å². The molecule has 0 heterocycles. The van der Waals surface area contributed by atoms with Crippen molar-refractivity contribution >= 4 is 56.4 Å². The van der Waals surface area contributed by atoms with E-state index in [1.807, 2.05) is 36.4 Å². The van der Waals surface area contributed by atoms with Crippen molar-refractivity contribution in [3.63, 3.8) is 0 Å². The molecule has 0 saturated carbocycles. The molecule has 0 radical (unpaired) electrons. The summed E-state index contributed by atoms with van der Waals surface area (Å²) in [6.45, 7) is 6.33. The minimum absolute atomic E-state index is 0.0469. The Morgan fingerprint density at radius 2 is 1.50 bits per heavy atom. The first-order chi connectivity index (χ1) is 15.1. The highest BCUT2D eigenvalue weighted by molar-refractivity contribution is 9.10. The maximum atomic E-state index is 12.7. The van der Waals surface area contributed by atoms with Crippen LogP contribution in [0.1, 0.15) is 47.1 Å². The van der Waals surface area contributed by atoms with Crippen LogP contribution in [-0.4, -0.2) is 16.9 Å².